The van der Waals surface area contributed by atoms with Crippen LogP contribution in [0.15, 0.2) is 36.4 Å². The summed E-state index contributed by atoms with van der Waals surface area (Å²) in [6.45, 7) is 18.6. The molecule has 7 nitrogen and oxygen atoms in total. The number of nitrogens with zero attached hydrogens (tertiary/aromatic N) is 1. The van der Waals surface area contributed by atoms with Crippen LogP contribution in [0.3, 0.4) is 0 Å². The molecule has 0 saturated heterocycles. The van der Waals surface area contributed by atoms with Crippen molar-refractivity contribution in [3.05, 3.63) is 64.2 Å². The first kappa shape index (κ1) is 29.9. The summed E-state index contributed by atoms with van der Waals surface area (Å²) in [6.07, 6.45) is -0.0520. The van der Waals surface area contributed by atoms with E-state index in [0.29, 0.717) is 6.42 Å². The Labute approximate surface area is 222 Å². The van der Waals surface area contributed by atoms with Crippen molar-refractivity contribution < 1.29 is 19.1 Å². The molecule has 2 aromatic rings. The summed E-state index contributed by atoms with van der Waals surface area (Å²) in [5.74, 6) is -0.660. The maximum Gasteiger partial charge on any atom is 0.408 e. The fraction of sp³-hybridized carbons (Fsp3) is 0.500. The smallest absolute Gasteiger partial charge is 0.408 e. The maximum atomic E-state index is 14.1. The first-order chi connectivity index (χ1) is 17.2. The summed E-state index contributed by atoms with van der Waals surface area (Å²) in [5, 5.41) is 5.75. The van der Waals surface area contributed by atoms with Gasteiger partial charge in [0.2, 0.25) is 5.91 Å². The van der Waals surface area contributed by atoms with Crippen molar-refractivity contribution in [1.29, 1.82) is 0 Å². The normalized spacial score (nSPS) is 13.8. The number of hydrogen-bond donors (Lipinski definition) is 2. The minimum absolute atomic E-state index is 0.274. The van der Waals surface area contributed by atoms with Gasteiger partial charge in [-0.15, -0.1) is 0 Å². The Morgan fingerprint density at radius 2 is 1.54 bits per heavy atom. The first-order valence-corrected chi connectivity index (χ1v) is 12.9. The average molecular weight is 510 g/mol. The van der Waals surface area contributed by atoms with Gasteiger partial charge in [-0.2, -0.15) is 0 Å². The van der Waals surface area contributed by atoms with Gasteiger partial charge in [-0.05, 0) is 91.0 Å². The Balaban J connectivity index is 2.57. The Morgan fingerprint density at radius 1 is 0.946 bits per heavy atom. The molecule has 3 amide bonds. The van der Waals surface area contributed by atoms with Crippen LogP contribution in [0.2, 0.25) is 0 Å². The molecule has 2 aromatic carbocycles. The number of aryl methyl sites for hydroxylation is 4. The lowest BCUT2D eigenvalue weighted by atomic mass is 9.94. The molecular formula is C30H43N3O4. The Kier molecular flexibility index (Phi) is 9.90. The standard InChI is InChI=1S/C30H43N3O4/c1-11-22(6)33(28(35)23(7)31-29(36)37-30(8,9)10)26(24-17-18(2)15-16-19(24)3)27(34)32-25-20(4)13-12-14-21(25)5/h12-17,22-23,26H,11H2,1-10H3,(H,31,36)(H,32,34). The lowest BCUT2D eigenvalue weighted by Crippen LogP contribution is -2.54. The van der Waals surface area contributed by atoms with E-state index in [2.05, 4.69) is 10.6 Å². The molecule has 0 heterocycles. The summed E-state index contributed by atoms with van der Waals surface area (Å²) in [4.78, 5) is 42.0. The monoisotopic (exact) mass is 509 g/mol. The lowest BCUT2D eigenvalue weighted by Gasteiger charge is -2.38. The van der Waals surface area contributed by atoms with Gasteiger partial charge in [0.15, 0.2) is 0 Å². The number of hydrogen-bond acceptors (Lipinski definition) is 4. The third-order valence-corrected chi connectivity index (χ3v) is 6.41. The highest BCUT2D eigenvalue weighted by atomic mass is 16.6. The van der Waals surface area contributed by atoms with Crippen molar-refractivity contribution in [1.82, 2.24) is 10.2 Å². The molecule has 202 valence electrons. The van der Waals surface area contributed by atoms with Crippen molar-refractivity contribution >= 4 is 23.6 Å². The van der Waals surface area contributed by atoms with Crippen LogP contribution < -0.4 is 10.6 Å². The number of nitrogens with one attached hydrogen (secondary N) is 2. The number of para-hydroxylation sites is 1. The van der Waals surface area contributed by atoms with E-state index in [1.807, 2.05) is 77.9 Å². The predicted molar refractivity (Wildman–Crippen MR) is 149 cm³/mol. The topological polar surface area (TPSA) is 87.7 Å². The van der Waals surface area contributed by atoms with Gasteiger partial charge < -0.3 is 20.3 Å². The van der Waals surface area contributed by atoms with E-state index in [4.69, 9.17) is 4.74 Å². The summed E-state index contributed by atoms with van der Waals surface area (Å²) in [5.41, 5.74) is 4.56. The Morgan fingerprint density at radius 3 is 2.08 bits per heavy atom. The third kappa shape index (κ3) is 7.81. The quantitative estimate of drug-likeness (QED) is 0.447. The third-order valence-electron chi connectivity index (χ3n) is 6.41. The summed E-state index contributed by atoms with van der Waals surface area (Å²) in [7, 11) is 0. The van der Waals surface area contributed by atoms with E-state index in [1.165, 1.54) is 0 Å². The minimum atomic E-state index is -0.899. The molecule has 3 unspecified atom stereocenters. The van der Waals surface area contributed by atoms with Crippen molar-refractivity contribution in [3.63, 3.8) is 0 Å². The molecule has 0 saturated carbocycles. The summed E-state index contributed by atoms with van der Waals surface area (Å²) >= 11 is 0. The minimum Gasteiger partial charge on any atom is -0.444 e. The van der Waals surface area contributed by atoms with Gasteiger partial charge in [-0.25, -0.2) is 4.79 Å². The number of anilines is 1. The molecule has 0 fully saturated rings. The molecule has 2 N–H and O–H groups in total. The first-order valence-electron chi connectivity index (χ1n) is 12.9. The highest BCUT2D eigenvalue weighted by molar-refractivity contribution is 6.00. The van der Waals surface area contributed by atoms with Crippen LogP contribution >= 0.6 is 0 Å². The number of alkyl carbamates (subject to hydrolysis) is 1. The van der Waals surface area contributed by atoms with E-state index < -0.39 is 23.8 Å². The molecule has 0 spiro atoms. The van der Waals surface area contributed by atoms with Gasteiger partial charge in [0.25, 0.3) is 5.91 Å². The van der Waals surface area contributed by atoms with Gasteiger partial charge in [0.1, 0.15) is 17.7 Å². The lowest BCUT2D eigenvalue weighted by molar-refractivity contribution is -0.143. The maximum absolute atomic E-state index is 14.1. The molecule has 0 aliphatic heterocycles. The molecule has 2 rings (SSSR count). The largest absolute Gasteiger partial charge is 0.444 e. The molecular weight excluding hydrogens is 466 g/mol. The Hall–Kier alpha value is -3.35. The molecule has 37 heavy (non-hydrogen) atoms. The number of carbonyl (C=O) groups is 3. The van der Waals surface area contributed by atoms with Crippen LogP contribution in [0.5, 0.6) is 0 Å². The number of amides is 3. The zero-order valence-corrected chi connectivity index (χ0v) is 24.0. The second-order valence-corrected chi connectivity index (χ2v) is 10.9. The molecule has 0 bridgehead atoms. The molecule has 0 aromatic heterocycles. The number of benzene rings is 2. The van der Waals surface area contributed by atoms with Gasteiger partial charge in [-0.3, -0.25) is 9.59 Å². The summed E-state index contributed by atoms with van der Waals surface area (Å²) < 4.78 is 5.36. The predicted octanol–water partition coefficient (Wildman–Crippen LogP) is 6.14. The van der Waals surface area contributed by atoms with Gasteiger partial charge in [-0.1, -0.05) is 48.9 Å². The molecule has 0 radical (unpaired) electrons. The van der Waals surface area contributed by atoms with Gasteiger partial charge in [0.05, 0.1) is 0 Å². The van der Waals surface area contributed by atoms with E-state index in [9.17, 15) is 14.4 Å². The molecule has 0 aliphatic carbocycles. The number of rotatable bonds is 8. The molecule has 3 atom stereocenters. The second kappa shape index (κ2) is 12.3. The van der Waals surface area contributed by atoms with Crippen molar-refractivity contribution in [2.24, 2.45) is 0 Å². The van der Waals surface area contributed by atoms with Crippen molar-refractivity contribution in [2.75, 3.05) is 5.32 Å². The van der Waals surface area contributed by atoms with Crippen LogP contribution in [-0.4, -0.2) is 40.5 Å². The van der Waals surface area contributed by atoms with Gasteiger partial charge in [0, 0.05) is 11.7 Å². The molecule has 7 heteroatoms. The highest BCUT2D eigenvalue weighted by Crippen LogP contribution is 2.31. The number of ether oxygens (including phenoxy) is 1. The average Bonchev–Trinajstić information content (AvgIpc) is 2.79. The zero-order valence-electron chi connectivity index (χ0n) is 24.0. The van der Waals surface area contributed by atoms with E-state index in [0.717, 1.165) is 33.5 Å². The fourth-order valence-electron chi connectivity index (χ4n) is 4.24. The number of carbonyl (C=O) groups excluding carboxylic acids is 3. The van der Waals surface area contributed by atoms with Crippen LogP contribution in [0, 0.1) is 27.7 Å². The highest BCUT2D eigenvalue weighted by Gasteiger charge is 2.38. The van der Waals surface area contributed by atoms with Crippen LogP contribution in [0.1, 0.15) is 81.8 Å². The fourth-order valence-corrected chi connectivity index (χ4v) is 4.24. The Bertz CT molecular complexity index is 1120. The summed E-state index contributed by atoms with van der Waals surface area (Å²) in [6, 6.07) is 9.67. The SMILES string of the molecule is CCC(C)N(C(=O)C(C)NC(=O)OC(C)(C)C)C(C(=O)Nc1c(C)cccc1C)c1cc(C)ccc1C. The van der Waals surface area contributed by atoms with E-state index in [-0.39, 0.29) is 17.9 Å². The van der Waals surface area contributed by atoms with Crippen LogP contribution in [0.4, 0.5) is 10.5 Å². The van der Waals surface area contributed by atoms with Crippen LogP contribution in [-0.2, 0) is 14.3 Å². The van der Waals surface area contributed by atoms with E-state index >= 15 is 0 Å². The van der Waals surface area contributed by atoms with Crippen molar-refractivity contribution in [2.45, 2.75) is 99.4 Å². The second-order valence-electron chi connectivity index (χ2n) is 10.9. The van der Waals surface area contributed by atoms with Gasteiger partial charge >= 0.3 is 6.09 Å². The van der Waals surface area contributed by atoms with Crippen LogP contribution in [0.25, 0.3) is 0 Å². The van der Waals surface area contributed by atoms with E-state index in [1.54, 1.807) is 32.6 Å². The zero-order chi connectivity index (χ0) is 28.1. The molecule has 0 aliphatic rings. The van der Waals surface area contributed by atoms with Crippen molar-refractivity contribution in [3.8, 4) is 0 Å².